The number of rotatable bonds is 7. The summed E-state index contributed by atoms with van der Waals surface area (Å²) in [4.78, 5) is 42.6. The summed E-state index contributed by atoms with van der Waals surface area (Å²) in [5, 5.41) is 9.92. The molecule has 13 heteroatoms. The highest BCUT2D eigenvalue weighted by molar-refractivity contribution is 6.32. The number of hydrogen-bond donors (Lipinski definition) is 2. The van der Waals surface area contributed by atoms with Crippen LogP contribution in [0.2, 0.25) is 5.02 Å². The number of nitrogens with one attached hydrogen (secondary N) is 2. The quantitative estimate of drug-likeness (QED) is 0.374. The Morgan fingerprint density at radius 1 is 1.00 bits per heavy atom. The number of aryl methyl sites for hydroxylation is 1. The Morgan fingerprint density at radius 2 is 1.74 bits per heavy atom. The molecule has 244 valence electrons. The summed E-state index contributed by atoms with van der Waals surface area (Å²) < 4.78 is 30.8. The van der Waals surface area contributed by atoms with Gasteiger partial charge in [0.1, 0.15) is 16.7 Å². The fourth-order valence-corrected chi connectivity index (χ4v) is 7.08. The Hall–Kier alpha value is -3.87. The maximum Gasteiger partial charge on any atom is 0.287 e. The number of aromatic nitrogens is 2. The van der Waals surface area contributed by atoms with Crippen LogP contribution in [0, 0.1) is 11.6 Å². The maximum absolute atomic E-state index is 14.9. The number of imide groups is 1. The van der Waals surface area contributed by atoms with E-state index in [1.807, 2.05) is 4.90 Å². The molecule has 0 bridgehead atoms. The lowest BCUT2D eigenvalue weighted by Gasteiger charge is -2.37. The van der Waals surface area contributed by atoms with Crippen molar-refractivity contribution in [1.29, 1.82) is 0 Å². The van der Waals surface area contributed by atoms with E-state index >= 15 is 0 Å². The number of likely N-dealkylation sites (tertiary alicyclic amines) is 1. The zero-order valence-corrected chi connectivity index (χ0v) is 26.7. The number of piperazine rings is 1. The normalized spacial score (nSPS) is 23.0. The van der Waals surface area contributed by atoms with E-state index in [0.717, 1.165) is 32.1 Å². The van der Waals surface area contributed by atoms with Crippen LogP contribution in [0.5, 0.6) is 0 Å². The molecule has 0 spiro atoms. The number of benzene rings is 2. The van der Waals surface area contributed by atoms with Crippen molar-refractivity contribution in [3.63, 3.8) is 0 Å². The first-order chi connectivity index (χ1) is 22.0. The SMILES string of the molecule is CN1C[C@@H](Nc2cnn(C)c(=O)c2Cl)C[C@@H](c2ccc(CN3CCN(c4cc(C5CCC(=O)NC5=O)c(F)cc4F)CC3)cc2)C1. The van der Waals surface area contributed by atoms with Crippen LogP contribution in [-0.4, -0.2) is 83.8 Å². The molecule has 46 heavy (non-hydrogen) atoms. The number of amides is 2. The van der Waals surface area contributed by atoms with Crippen LogP contribution in [0.3, 0.4) is 0 Å². The lowest BCUT2D eigenvalue weighted by Crippen LogP contribution is -2.46. The molecule has 2 N–H and O–H groups in total. The van der Waals surface area contributed by atoms with Crippen molar-refractivity contribution in [3.8, 4) is 0 Å². The topological polar surface area (TPSA) is 103 Å². The minimum atomic E-state index is -0.812. The van der Waals surface area contributed by atoms with E-state index in [1.54, 1.807) is 13.2 Å². The first-order valence-electron chi connectivity index (χ1n) is 15.6. The first-order valence-corrected chi connectivity index (χ1v) is 16.0. The molecular formula is C33H38ClF2N7O3. The van der Waals surface area contributed by atoms with Crippen LogP contribution in [-0.2, 0) is 23.2 Å². The van der Waals surface area contributed by atoms with Gasteiger partial charge in [-0.25, -0.2) is 13.5 Å². The molecule has 1 unspecified atom stereocenters. The molecule has 3 fully saturated rings. The number of likely N-dealkylation sites (N-methyl/N-ethyl adjacent to an activating group) is 1. The number of hydrogen-bond acceptors (Lipinski definition) is 8. The largest absolute Gasteiger partial charge is 0.378 e. The van der Waals surface area contributed by atoms with E-state index in [-0.39, 0.29) is 46.6 Å². The van der Waals surface area contributed by atoms with Crippen molar-refractivity contribution >= 4 is 34.8 Å². The van der Waals surface area contributed by atoms with Crippen molar-refractivity contribution < 1.29 is 18.4 Å². The van der Waals surface area contributed by atoms with E-state index in [2.05, 4.69) is 56.8 Å². The summed E-state index contributed by atoms with van der Waals surface area (Å²) in [6.07, 6.45) is 2.82. The van der Waals surface area contributed by atoms with Crippen LogP contribution in [0.1, 0.15) is 47.8 Å². The third-order valence-corrected chi connectivity index (χ3v) is 9.69. The van der Waals surface area contributed by atoms with Crippen LogP contribution < -0.4 is 21.1 Å². The molecule has 3 aliphatic rings. The molecule has 4 heterocycles. The maximum atomic E-state index is 14.9. The van der Waals surface area contributed by atoms with Gasteiger partial charge in [-0.3, -0.25) is 24.6 Å². The summed E-state index contributed by atoms with van der Waals surface area (Å²) >= 11 is 6.29. The average molecular weight is 654 g/mol. The molecule has 2 aromatic carbocycles. The number of anilines is 2. The molecule has 1 aromatic heterocycles. The number of piperidine rings is 2. The van der Waals surface area contributed by atoms with E-state index in [4.69, 9.17) is 11.6 Å². The average Bonchev–Trinajstić information content (AvgIpc) is 3.02. The van der Waals surface area contributed by atoms with Gasteiger partial charge in [-0.05, 0) is 43.0 Å². The van der Waals surface area contributed by atoms with Gasteiger partial charge in [-0.15, -0.1) is 0 Å². The van der Waals surface area contributed by atoms with Gasteiger partial charge in [-0.2, -0.15) is 5.10 Å². The van der Waals surface area contributed by atoms with Crippen molar-refractivity contribution in [2.75, 3.05) is 56.5 Å². The second-order valence-electron chi connectivity index (χ2n) is 12.6. The minimum absolute atomic E-state index is 0.108. The van der Waals surface area contributed by atoms with Gasteiger partial charge in [0, 0.05) is 77.0 Å². The van der Waals surface area contributed by atoms with E-state index in [9.17, 15) is 23.2 Å². The summed E-state index contributed by atoms with van der Waals surface area (Å²) in [7, 11) is 3.66. The summed E-state index contributed by atoms with van der Waals surface area (Å²) in [5.74, 6) is -2.85. The highest BCUT2D eigenvalue weighted by Gasteiger charge is 2.32. The zero-order valence-electron chi connectivity index (χ0n) is 25.9. The fourth-order valence-electron chi connectivity index (χ4n) is 6.85. The second kappa shape index (κ2) is 13.5. The van der Waals surface area contributed by atoms with E-state index in [1.165, 1.54) is 21.9 Å². The molecule has 10 nitrogen and oxygen atoms in total. The van der Waals surface area contributed by atoms with Gasteiger partial charge in [0.25, 0.3) is 5.56 Å². The highest BCUT2D eigenvalue weighted by Crippen LogP contribution is 2.33. The molecule has 6 rings (SSSR count). The Kier molecular flexibility index (Phi) is 9.39. The van der Waals surface area contributed by atoms with Crippen molar-refractivity contribution in [2.24, 2.45) is 7.05 Å². The van der Waals surface area contributed by atoms with Gasteiger partial charge < -0.3 is 15.1 Å². The molecular weight excluding hydrogens is 616 g/mol. The second-order valence-corrected chi connectivity index (χ2v) is 13.0. The fraction of sp³-hybridized carbons (Fsp3) is 0.455. The number of halogens is 3. The molecule has 0 radical (unpaired) electrons. The Morgan fingerprint density at radius 3 is 2.46 bits per heavy atom. The lowest BCUT2D eigenvalue weighted by atomic mass is 9.87. The van der Waals surface area contributed by atoms with Gasteiger partial charge in [0.15, 0.2) is 0 Å². The summed E-state index contributed by atoms with van der Waals surface area (Å²) in [5.41, 5.74) is 3.06. The Bertz CT molecular complexity index is 1680. The monoisotopic (exact) mass is 653 g/mol. The lowest BCUT2D eigenvalue weighted by molar-refractivity contribution is -0.134. The smallest absolute Gasteiger partial charge is 0.287 e. The first kappa shape index (κ1) is 32.1. The molecule has 0 aliphatic carbocycles. The van der Waals surface area contributed by atoms with Crippen LogP contribution in [0.15, 0.2) is 47.4 Å². The molecule has 3 aliphatic heterocycles. The third kappa shape index (κ3) is 6.93. The van der Waals surface area contributed by atoms with Gasteiger partial charge >= 0.3 is 0 Å². The number of nitrogens with zero attached hydrogens (tertiary/aromatic N) is 5. The molecule has 3 saturated heterocycles. The molecule has 0 saturated carbocycles. The van der Waals surface area contributed by atoms with Crippen molar-refractivity contribution in [2.45, 2.75) is 43.7 Å². The van der Waals surface area contributed by atoms with Crippen LogP contribution in [0.25, 0.3) is 0 Å². The van der Waals surface area contributed by atoms with Crippen molar-refractivity contribution in [3.05, 3.63) is 86.3 Å². The highest BCUT2D eigenvalue weighted by atomic mass is 35.5. The summed E-state index contributed by atoms with van der Waals surface area (Å²) in [6, 6.07) is 11.1. The molecule has 3 aromatic rings. The zero-order chi connectivity index (χ0) is 32.5. The van der Waals surface area contributed by atoms with E-state index < -0.39 is 23.5 Å². The Balaban J connectivity index is 1.05. The van der Waals surface area contributed by atoms with Gasteiger partial charge in [0.05, 0.1) is 23.5 Å². The predicted octanol–water partition coefficient (Wildman–Crippen LogP) is 3.45. The predicted molar refractivity (Wildman–Crippen MR) is 172 cm³/mol. The van der Waals surface area contributed by atoms with Crippen LogP contribution in [0.4, 0.5) is 20.2 Å². The number of carbonyl (C=O) groups is 2. The van der Waals surface area contributed by atoms with Gasteiger partial charge in [-0.1, -0.05) is 35.9 Å². The Labute approximate surface area is 271 Å². The molecule has 3 atom stereocenters. The third-order valence-electron chi connectivity index (χ3n) is 9.32. The van der Waals surface area contributed by atoms with Crippen molar-refractivity contribution in [1.82, 2.24) is 24.9 Å². The van der Waals surface area contributed by atoms with Crippen LogP contribution >= 0.6 is 11.6 Å². The summed E-state index contributed by atoms with van der Waals surface area (Å²) in [6.45, 7) is 5.03. The minimum Gasteiger partial charge on any atom is -0.378 e. The standard InChI is InChI=1S/C33H38ClF2N7O3/c1-40-18-22(13-23(19-40)38-28-16-37-41(2)33(46)31(28)34)21-5-3-20(4-6-21)17-42-9-11-43(12-10-42)29-14-25(26(35)15-27(29)36)24-7-8-30(44)39-32(24)45/h3-6,14-16,22-24,38H,7-13,17-19H2,1-2H3,(H,39,44,45)/t22-,23+,24?/m1/s1. The number of carbonyl (C=O) groups excluding carboxylic acids is 2. The van der Waals surface area contributed by atoms with E-state index in [0.29, 0.717) is 37.8 Å². The molecule has 2 amide bonds. The van der Waals surface area contributed by atoms with Gasteiger partial charge in [0.2, 0.25) is 11.8 Å².